The maximum Gasteiger partial charge on any atom is 0.150 e. The third kappa shape index (κ3) is 2.40. The summed E-state index contributed by atoms with van der Waals surface area (Å²) in [4.78, 5) is 2.22. The molecule has 0 saturated carbocycles. The van der Waals surface area contributed by atoms with E-state index in [0.29, 0.717) is 5.92 Å². The zero-order chi connectivity index (χ0) is 13.4. The van der Waals surface area contributed by atoms with Crippen molar-refractivity contribution in [1.82, 2.24) is 9.78 Å². The fourth-order valence-corrected chi connectivity index (χ4v) is 1.90. The number of hydrogen-bond donors (Lipinski definition) is 1. The van der Waals surface area contributed by atoms with Gasteiger partial charge in [-0.15, -0.1) is 0 Å². The molecule has 1 heterocycles. The van der Waals surface area contributed by atoms with Gasteiger partial charge in [0.15, 0.2) is 5.82 Å². The summed E-state index contributed by atoms with van der Waals surface area (Å²) >= 11 is 0. The fourth-order valence-electron chi connectivity index (χ4n) is 1.90. The number of hydrogen-bond acceptors (Lipinski definition) is 3. The Kier molecular flexibility index (Phi) is 3.74. The third-order valence-corrected chi connectivity index (χ3v) is 3.72. The van der Waals surface area contributed by atoms with Crippen LogP contribution in [0.2, 0.25) is 0 Å². The van der Waals surface area contributed by atoms with E-state index in [1.807, 2.05) is 11.7 Å². The van der Waals surface area contributed by atoms with E-state index in [9.17, 15) is 0 Å². The molecular weight excluding hydrogens is 212 g/mol. The van der Waals surface area contributed by atoms with E-state index < -0.39 is 0 Å². The van der Waals surface area contributed by atoms with Crippen molar-refractivity contribution in [2.75, 3.05) is 17.7 Å². The molecule has 0 spiro atoms. The predicted octanol–water partition coefficient (Wildman–Crippen LogP) is 2.75. The lowest BCUT2D eigenvalue weighted by Gasteiger charge is -2.36. The Morgan fingerprint density at radius 1 is 1.41 bits per heavy atom. The molecule has 4 nitrogen and oxygen atoms in total. The van der Waals surface area contributed by atoms with E-state index in [1.165, 1.54) is 0 Å². The van der Waals surface area contributed by atoms with Crippen LogP contribution in [-0.2, 0) is 7.05 Å². The van der Waals surface area contributed by atoms with Crippen molar-refractivity contribution in [3.8, 4) is 0 Å². The molecule has 0 aromatic carbocycles. The number of aromatic nitrogens is 2. The van der Waals surface area contributed by atoms with E-state index in [-0.39, 0.29) is 5.54 Å². The van der Waals surface area contributed by atoms with E-state index >= 15 is 0 Å². The number of anilines is 2. The lowest BCUT2D eigenvalue weighted by atomic mass is 9.99. The normalized spacial score (nSPS) is 12.2. The van der Waals surface area contributed by atoms with Crippen molar-refractivity contribution < 1.29 is 0 Å². The summed E-state index contributed by atoms with van der Waals surface area (Å²) < 4.78 is 1.89. The average Bonchev–Trinajstić information content (AvgIpc) is 2.53. The van der Waals surface area contributed by atoms with Gasteiger partial charge in [-0.1, -0.05) is 20.8 Å². The van der Waals surface area contributed by atoms with Gasteiger partial charge in [-0.05, 0) is 26.2 Å². The zero-order valence-corrected chi connectivity index (χ0v) is 12.2. The van der Waals surface area contributed by atoms with E-state index in [1.54, 1.807) is 0 Å². The van der Waals surface area contributed by atoms with Gasteiger partial charge in [0.25, 0.3) is 0 Å². The van der Waals surface area contributed by atoms with E-state index in [0.717, 1.165) is 23.6 Å². The second-order valence-corrected chi connectivity index (χ2v) is 5.63. The topological polar surface area (TPSA) is 47.1 Å². The van der Waals surface area contributed by atoms with Crippen LogP contribution in [0, 0.1) is 0 Å². The minimum Gasteiger partial charge on any atom is -0.394 e. The molecule has 0 aliphatic heterocycles. The van der Waals surface area contributed by atoms with Crippen molar-refractivity contribution in [3.05, 3.63) is 5.69 Å². The molecule has 1 rings (SSSR count). The Morgan fingerprint density at radius 2 is 1.94 bits per heavy atom. The zero-order valence-electron chi connectivity index (χ0n) is 12.2. The van der Waals surface area contributed by atoms with Gasteiger partial charge in [0.05, 0.1) is 11.4 Å². The molecule has 98 valence electrons. The molecule has 0 bridgehead atoms. The van der Waals surface area contributed by atoms with Crippen LogP contribution in [-0.4, -0.2) is 22.4 Å². The lowest BCUT2D eigenvalue weighted by Crippen LogP contribution is -2.41. The molecular formula is C13H26N4. The Balaban J connectivity index is 3.23. The van der Waals surface area contributed by atoms with Crippen LogP contribution in [0.25, 0.3) is 0 Å². The molecule has 4 heteroatoms. The van der Waals surface area contributed by atoms with Crippen molar-refractivity contribution in [2.24, 2.45) is 7.05 Å². The molecule has 0 saturated heterocycles. The highest BCUT2D eigenvalue weighted by molar-refractivity contribution is 5.67. The first-order valence-corrected chi connectivity index (χ1v) is 6.28. The van der Waals surface area contributed by atoms with Crippen molar-refractivity contribution in [2.45, 2.75) is 52.5 Å². The number of rotatable bonds is 4. The Labute approximate surface area is 105 Å². The summed E-state index contributed by atoms with van der Waals surface area (Å²) in [6, 6.07) is 0. The van der Waals surface area contributed by atoms with Crippen LogP contribution < -0.4 is 10.6 Å². The van der Waals surface area contributed by atoms with Crippen LogP contribution in [0.15, 0.2) is 0 Å². The molecule has 2 N–H and O–H groups in total. The molecule has 0 fully saturated rings. The molecule has 0 radical (unpaired) electrons. The van der Waals surface area contributed by atoms with E-state index in [4.69, 9.17) is 5.73 Å². The molecule has 17 heavy (non-hydrogen) atoms. The van der Waals surface area contributed by atoms with Crippen molar-refractivity contribution in [3.63, 3.8) is 0 Å². The monoisotopic (exact) mass is 238 g/mol. The largest absolute Gasteiger partial charge is 0.394 e. The Hall–Kier alpha value is -1.19. The Morgan fingerprint density at radius 3 is 2.29 bits per heavy atom. The van der Waals surface area contributed by atoms with Gasteiger partial charge < -0.3 is 10.6 Å². The van der Waals surface area contributed by atoms with E-state index in [2.05, 4.69) is 51.7 Å². The van der Waals surface area contributed by atoms with Gasteiger partial charge in [-0.25, -0.2) is 0 Å². The van der Waals surface area contributed by atoms with Crippen LogP contribution in [0.1, 0.15) is 52.7 Å². The number of nitrogens with zero attached hydrogens (tertiary/aromatic N) is 3. The minimum absolute atomic E-state index is 0.0795. The first-order chi connectivity index (χ1) is 7.72. The second kappa shape index (κ2) is 4.59. The summed E-state index contributed by atoms with van der Waals surface area (Å²) in [7, 11) is 4.04. The van der Waals surface area contributed by atoms with Gasteiger partial charge in [0.1, 0.15) is 0 Å². The number of aryl methyl sites for hydroxylation is 1. The van der Waals surface area contributed by atoms with Gasteiger partial charge in [0.2, 0.25) is 0 Å². The highest BCUT2D eigenvalue weighted by Crippen LogP contribution is 2.34. The molecule has 1 aromatic rings. The van der Waals surface area contributed by atoms with Crippen LogP contribution in [0.3, 0.4) is 0 Å². The first kappa shape index (κ1) is 13.9. The highest BCUT2D eigenvalue weighted by atomic mass is 15.4. The predicted molar refractivity (Wildman–Crippen MR) is 74.5 cm³/mol. The fraction of sp³-hybridized carbons (Fsp3) is 0.769. The van der Waals surface area contributed by atoms with Crippen LogP contribution in [0.5, 0.6) is 0 Å². The minimum atomic E-state index is 0.0795. The maximum atomic E-state index is 6.23. The van der Waals surface area contributed by atoms with Gasteiger partial charge >= 0.3 is 0 Å². The van der Waals surface area contributed by atoms with Gasteiger partial charge in [-0.3, -0.25) is 4.68 Å². The van der Waals surface area contributed by atoms with Gasteiger partial charge in [0, 0.05) is 19.6 Å². The molecule has 1 aromatic heterocycles. The average molecular weight is 238 g/mol. The quantitative estimate of drug-likeness (QED) is 0.877. The van der Waals surface area contributed by atoms with Crippen molar-refractivity contribution >= 4 is 11.5 Å². The molecule has 0 atom stereocenters. The lowest BCUT2D eigenvalue weighted by molar-refractivity contribution is 0.460. The third-order valence-electron chi connectivity index (χ3n) is 3.72. The van der Waals surface area contributed by atoms with Gasteiger partial charge in [-0.2, -0.15) is 5.10 Å². The molecule has 0 aliphatic rings. The SMILES string of the molecule is CCC(C)(C)N(C)c1c(N)c(C(C)C)nn1C. The smallest absolute Gasteiger partial charge is 0.150 e. The Bertz CT molecular complexity index is 390. The molecule has 0 amide bonds. The molecule has 0 unspecified atom stereocenters. The standard InChI is InChI=1S/C13H26N4/c1-8-13(4,5)16(6)12-10(14)11(9(2)3)15-17(12)7/h9H,8,14H2,1-7H3. The first-order valence-electron chi connectivity index (χ1n) is 6.28. The summed E-state index contributed by atoms with van der Waals surface area (Å²) in [6.45, 7) is 10.9. The summed E-state index contributed by atoms with van der Waals surface area (Å²) in [6.07, 6.45) is 1.06. The van der Waals surface area contributed by atoms with Crippen LogP contribution in [0.4, 0.5) is 11.5 Å². The summed E-state index contributed by atoms with van der Waals surface area (Å²) in [5.41, 5.74) is 8.11. The summed E-state index contributed by atoms with van der Waals surface area (Å²) in [5.74, 6) is 1.37. The maximum absolute atomic E-state index is 6.23. The second-order valence-electron chi connectivity index (χ2n) is 5.63. The number of nitrogen functional groups attached to an aromatic ring is 1. The van der Waals surface area contributed by atoms with Crippen molar-refractivity contribution in [1.29, 1.82) is 0 Å². The molecule has 0 aliphatic carbocycles. The number of nitrogens with two attached hydrogens (primary N) is 1. The van der Waals surface area contributed by atoms with Crippen LogP contribution >= 0.6 is 0 Å². The summed E-state index contributed by atoms with van der Waals surface area (Å²) in [5, 5.41) is 4.53. The highest BCUT2D eigenvalue weighted by Gasteiger charge is 2.27.